The summed E-state index contributed by atoms with van der Waals surface area (Å²) in [4.78, 5) is 17.2. The minimum Gasteiger partial charge on any atom is -0.319 e. The van der Waals surface area contributed by atoms with Gasteiger partial charge in [0.1, 0.15) is 0 Å². The predicted molar refractivity (Wildman–Crippen MR) is 106 cm³/mol. The monoisotopic (exact) mass is 352 g/mol. The molecule has 0 radical (unpaired) electrons. The molecule has 0 saturated heterocycles. The summed E-state index contributed by atoms with van der Waals surface area (Å²) in [6.07, 6.45) is 0. The van der Waals surface area contributed by atoms with Crippen molar-refractivity contribution in [3.63, 3.8) is 0 Å². The summed E-state index contributed by atoms with van der Waals surface area (Å²) >= 11 is 1.51. The van der Waals surface area contributed by atoms with Gasteiger partial charge in [-0.3, -0.25) is 4.79 Å². The SMILES string of the molecule is CCn1c(SCC(=O)c2ccc(C(C)(C)C)cc2)nc2ccccc21. The average Bonchev–Trinajstić information content (AvgIpc) is 2.96. The molecule has 1 aromatic heterocycles. The highest BCUT2D eigenvalue weighted by Crippen LogP contribution is 2.26. The molecule has 0 amide bonds. The molecular formula is C21H24N2OS. The number of carbonyl (C=O) groups excluding carboxylic acids is 1. The lowest BCUT2D eigenvalue weighted by molar-refractivity contribution is 0.102. The van der Waals surface area contributed by atoms with Crippen molar-refractivity contribution in [1.82, 2.24) is 9.55 Å². The van der Waals surface area contributed by atoms with E-state index in [4.69, 9.17) is 0 Å². The molecule has 3 aromatic rings. The van der Waals surface area contributed by atoms with Crippen molar-refractivity contribution in [2.24, 2.45) is 0 Å². The molecule has 0 saturated carbocycles. The van der Waals surface area contributed by atoms with Crippen LogP contribution in [0.3, 0.4) is 0 Å². The molecule has 0 aliphatic carbocycles. The van der Waals surface area contributed by atoms with Gasteiger partial charge in [-0.25, -0.2) is 4.98 Å². The first-order chi connectivity index (χ1) is 11.9. The number of carbonyl (C=O) groups is 1. The Morgan fingerprint density at radius 1 is 1.08 bits per heavy atom. The lowest BCUT2D eigenvalue weighted by Crippen LogP contribution is -2.11. The van der Waals surface area contributed by atoms with Crippen LogP contribution in [0.2, 0.25) is 0 Å². The largest absolute Gasteiger partial charge is 0.319 e. The van der Waals surface area contributed by atoms with Crippen molar-refractivity contribution in [2.45, 2.75) is 44.8 Å². The van der Waals surface area contributed by atoms with Gasteiger partial charge in [-0.05, 0) is 30.0 Å². The highest BCUT2D eigenvalue weighted by atomic mass is 32.2. The average molecular weight is 353 g/mol. The lowest BCUT2D eigenvalue weighted by Gasteiger charge is -2.18. The second kappa shape index (κ2) is 7.04. The van der Waals surface area contributed by atoms with Crippen molar-refractivity contribution < 1.29 is 4.79 Å². The van der Waals surface area contributed by atoms with Gasteiger partial charge < -0.3 is 4.57 Å². The minimum atomic E-state index is 0.0995. The first kappa shape index (κ1) is 17.7. The van der Waals surface area contributed by atoms with Crippen LogP contribution in [-0.4, -0.2) is 21.1 Å². The predicted octanol–water partition coefficient (Wildman–Crippen LogP) is 5.33. The topological polar surface area (TPSA) is 34.9 Å². The van der Waals surface area contributed by atoms with Gasteiger partial charge in [-0.15, -0.1) is 0 Å². The molecule has 0 atom stereocenters. The molecule has 0 aliphatic rings. The van der Waals surface area contributed by atoms with Gasteiger partial charge in [0.25, 0.3) is 0 Å². The maximum Gasteiger partial charge on any atom is 0.173 e. The van der Waals surface area contributed by atoms with E-state index in [0.29, 0.717) is 5.75 Å². The zero-order chi connectivity index (χ0) is 18.0. The number of hydrogen-bond donors (Lipinski definition) is 0. The number of benzene rings is 2. The highest BCUT2D eigenvalue weighted by molar-refractivity contribution is 7.99. The summed E-state index contributed by atoms with van der Waals surface area (Å²) < 4.78 is 2.16. The highest BCUT2D eigenvalue weighted by Gasteiger charge is 2.16. The molecule has 3 rings (SSSR count). The number of fused-ring (bicyclic) bond motifs is 1. The van der Waals surface area contributed by atoms with E-state index in [0.717, 1.165) is 28.3 Å². The molecular weight excluding hydrogens is 328 g/mol. The van der Waals surface area contributed by atoms with Crippen LogP contribution in [0.15, 0.2) is 53.7 Å². The van der Waals surface area contributed by atoms with Gasteiger partial charge in [0, 0.05) is 12.1 Å². The van der Waals surface area contributed by atoms with Crippen LogP contribution < -0.4 is 0 Å². The van der Waals surface area contributed by atoms with Crippen LogP contribution in [0.4, 0.5) is 0 Å². The molecule has 130 valence electrons. The summed E-state index contributed by atoms with van der Waals surface area (Å²) in [7, 11) is 0. The fourth-order valence-electron chi connectivity index (χ4n) is 2.84. The summed E-state index contributed by atoms with van der Waals surface area (Å²) in [5, 5.41) is 0.906. The van der Waals surface area contributed by atoms with Crippen LogP contribution in [0.25, 0.3) is 11.0 Å². The zero-order valence-corrected chi connectivity index (χ0v) is 16.1. The number of aromatic nitrogens is 2. The van der Waals surface area contributed by atoms with Crippen LogP contribution in [0.1, 0.15) is 43.6 Å². The summed E-state index contributed by atoms with van der Waals surface area (Å²) in [5.74, 6) is 0.540. The zero-order valence-electron chi connectivity index (χ0n) is 15.2. The third-order valence-corrected chi connectivity index (χ3v) is 5.32. The van der Waals surface area contributed by atoms with Gasteiger partial charge >= 0.3 is 0 Å². The molecule has 0 aliphatic heterocycles. The fourth-order valence-corrected chi connectivity index (χ4v) is 3.81. The Labute approximate surface area is 153 Å². The van der Waals surface area contributed by atoms with Crippen molar-refractivity contribution >= 4 is 28.6 Å². The summed E-state index contributed by atoms with van der Waals surface area (Å²) in [6, 6.07) is 16.1. The molecule has 25 heavy (non-hydrogen) atoms. The molecule has 0 spiro atoms. The Morgan fingerprint density at radius 3 is 2.40 bits per heavy atom. The van der Waals surface area contributed by atoms with E-state index in [2.05, 4.69) is 55.4 Å². The number of rotatable bonds is 5. The molecule has 0 unspecified atom stereocenters. The van der Waals surface area contributed by atoms with Crippen LogP contribution >= 0.6 is 11.8 Å². The number of Topliss-reactive ketones (excluding diaryl/α,β-unsaturated/α-hetero) is 1. The standard InChI is InChI=1S/C21H24N2OS/c1-5-23-18-9-7-6-8-17(18)22-20(23)25-14-19(24)15-10-12-16(13-11-15)21(2,3)4/h6-13H,5,14H2,1-4H3. The van der Waals surface area contributed by atoms with Gasteiger partial charge in [0.05, 0.1) is 16.8 Å². The quantitative estimate of drug-likeness (QED) is 0.460. The van der Waals surface area contributed by atoms with Crippen LogP contribution in [-0.2, 0) is 12.0 Å². The Hall–Kier alpha value is -2.07. The van der Waals surface area contributed by atoms with E-state index >= 15 is 0 Å². The third kappa shape index (κ3) is 3.79. The molecule has 0 fully saturated rings. The first-order valence-electron chi connectivity index (χ1n) is 8.62. The Bertz CT molecular complexity index is 888. The van der Waals surface area contributed by atoms with E-state index in [1.165, 1.54) is 17.3 Å². The van der Waals surface area contributed by atoms with Gasteiger partial charge in [0.2, 0.25) is 0 Å². The minimum absolute atomic E-state index is 0.0995. The van der Waals surface area contributed by atoms with E-state index in [-0.39, 0.29) is 11.2 Å². The normalized spacial score (nSPS) is 11.8. The van der Waals surface area contributed by atoms with E-state index in [1.807, 2.05) is 30.3 Å². The number of thioether (sulfide) groups is 1. The number of hydrogen-bond acceptors (Lipinski definition) is 3. The fraction of sp³-hybridized carbons (Fsp3) is 0.333. The maximum atomic E-state index is 12.5. The molecule has 0 N–H and O–H groups in total. The number of aryl methyl sites for hydroxylation is 1. The van der Waals surface area contributed by atoms with E-state index in [1.54, 1.807) is 0 Å². The van der Waals surface area contributed by atoms with E-state index < -0.39 is 0 Å². The number of ketones is 1. The van der Waals surface area contributed by atoms with Crippen molar-refractivity contribution in [1.29, 1.82) is 0 Å². The van der Waals surface area contributed by atoms with Crippen molar-refractivity contribution in [3.8, 4) is 0 Å². The Kier molecular flexibility index (Phi) is 5.00. The molecule has 4 heteroatoms. The number of nitrogens with zero attached hydrogens (tertiary/aromatic N) is 2. The molecule has 1 heterocycles. The maximum absolute atomic E-state index is 12.5. The second-order valence-corrected chi connectivity index (χ2v) is 8.11. The summed E-state index contributed by atoms with van der Waals surface area (Å²) in [5.41, 5.74) is 4.20. The first-order valence-corrected chi connectivity index (χ1v) is 9.60. The van der Waals surface area contributed by atoms with Crippen molar-refractivity contribution in [2.75, 3.05) is 5.75 Å². The van der Waals surface area contributed by atoms with Crippen LogP contribution in [0.5, 0.6) is 0 Å². The van der Waals surface area contributed by atoms with E-state index in [9.17, 15) is 4.79 Å². The number of para-hydroxylation sites is 2. The van der Waals surface area contributed by atoms with Crippen LogP contribution in [0, 0.1) is 0 Å². The smallest absolute Gasteiger partial charge is 0.173 e. The van der Waals surface area contributed by atoms with Gasteiger partial charge in [-0.1, -0.05) is 68.9 Å². The third-order valence-electron chi connectivity index (χ3n) is 4.34. The van der Waals surface area contributed by atoms with Gasteiger partial charge in [-0.2, -0.15) is 0 Å². The van der Waals surface area contributed by atoms with Crippen molar-refractivity contribution in [3.05, 3.63) is 59.7 Å². The molecule has 3 nitrogen and oxygen atoms in total. The lowest BCUT2D eigenvalue weighted by atomic mass is 9.86. The Balaban J connectivity index is 1.74. The van der Waals surface area contributed by atoms with Gasteiger partial charge in [0.15, 0.2) is 10.9 Å². The Morgan fingerprint density at radius 2 is 1.76 bits per heavy atom. The molecule has 0 bridgehead atoms. The number of imidazole rings is 1. The summed E-state index contributed by atoms with van der Waals surface area (Å²) in [6.45, 7) is 9.47. The second-order valence-electron chi connectivity index (χ2n) is 7.17. The molecule has 2 aromatic carbocycles.